The van der Waals surface area contributed by atoms with Crippen molar-refractivity contribution >= 4 is 29.9 Å². The zero-order chi connectivity index (χ0) is 20.2. The summed E-state index contributed by atoms with van der Waals surface area (Å²) in [7, 11) is 0. The van der Waals surface area contributed by atoms with Crippen molar-refractivity contribution in [1.82, 2.24) is 25.2 Å². The molecule has 2 amide bonds. The van der Waals surface area contributed by atoms with E-state index in [1.807, 2.05) is 28.6 Å². The smallest absolute Gasteiger partial charge is 0.278 e. The van der Waals surface area contributed by atoms with Gasteiger partial charge in [0.05, 0.1) is 23.0 Å². The number of nitrogens with zero attached hydrogens (tertiary/aromatic N) is 4. The molecule has 30 heavy (non-hydrogen) atoms. The Labute approximate surface area is 182 Å². The quantitative estimate of drug-likeness (QED) is 0.775. The van der Waals surface area contributed by atoms with Crippen molar-refractivity contribution in [2.75, 3.05) is 31.5 Å². The lowest BCUT2D eigenvalue weighted by atomic mass is 10.1. The maximum Gasteiger partial charge on any atom is 0.278 e. The van der Waals surface area contributed by atoms with Crippen molar-refractivity contribution in [3.05, 3.63) is 41.2 Å². The number of carbonyl (C=O) groups excluding carboxylic acids is 2. The number of rotatable bonds is 4. The molecule has 0 unspecified atom stereocenters. The number of para-hydroxylation sites is 1. The van der Waals surface area contributed by atoms with Crippen LogP contribution < -0.4 is 10.6 Å². The van der Waals surface area contributed by atoms with E-state index >= 15 is 0 Å². The van der Waals surface area contributed by atoms with Gasteiger partial charge in [-0.05, 0) is 64.3 Å². The van der Waals surface area contributed by atoms with Crippen LogP contribution in [-0.4, -0.2) is 57.9 Å². The molecule has 0 aliphatic carbocycles. The summed E-state index contributed by atoms with van der Waals surface area (Å²) in [5.74, 6) is -0.364. The minimum absolute atomic E-state index is 0. The molecule has 1 aromatic carbocycles. The van der Waals surface area contributed by atoms with Gasteiger partial charge in [0.1, 0.15) is 0 Å². The number of piperidine rings is 2. The number of benzene rings is 1. The van der Waals surface area contributed by atoms with E-state index in [1.54, 1.807) is 12.1 Å². The van der Waals surface area contributed by atoms with Gasteiger partial charge >= 0.3 is 0 Å². The zero-order valence-electron chi connectivity index (χ0n) is 17.3. The largest absolute Gasteiger partial charge is 0.339 e. The van der Waals surface area contributed by atoms with Crippen LogP contribution in [0.15, 0.2) is 24.3 Å². The topological polar surface area (TPSA) is 92.2 Å². The van der Waals surface area contributed by atoms with Crippen molar-refractivity contribution in [3.8, 4) is 0 Å². The minimum Gasteiger partial charge on any atom is -0.339 e. The highest BCUT2D eigenvalue weighted by molar-refractivity contribution is 6.08. The lowest BCUT2D eigenvalue weighted by Gasteiger charge is -2.27. The van der Waals surface area contributed by atoms with Crippen molar-refractivity contribution in [3.63, 3.8) is 0 Å². The molecule has 2 fully saturated rings. The number of halogens is 1. The number of hydrogen-bond donors (Lipinski definition) is 2. The highest BCUT2D eigenvalue weighted by Crippen LogP contribution is 2.23. The first-order valence-electron chi connectivity index (χ1n) is 10.5. The highest BCUT2D eigenvalue weighted by Gasteiger charge is 2.25. The first-order chi connectivity index (χ1) is 14.1. The fourth-order valence-electron chi connectivity index (χ4n) is 4.18. The van der Waals surface area contributed by atoms with Gasteiger partial charge in [-0.25, -0.2) is 4.68 Å². The van der Waals surface area contributed by atoms with Gasteiger partial charge in [0.15, 0.2) is 5.69 Å². The predicted octanol–water partition coefficient (Wildman–Crippen LogP) is 2.81. The number of aromatic nitrogens is 3. The van der Waals surface area contributed by atoms with E-state index in [0.717, 1.165) is 64.0 Å². The Morgan fingerprint density at radius 1 is 1.10 bits per heavy atom. The monoisotopic (exact) mass is 432 g/mol. The first-order valence-corrected chi connectivity index (χ1v) is 10.5. The number of hydrogen-bond acceptors (Lipinski definition) is 5. The summed E-state index contributed by atoms with van der Waals surface area (Å²) in [6, 6.07) is 7.44. The van der Waals surface area contributed by atoms with E-state index in [2.05, 4.69) is 20.9 Å². The fourth-order valence-corrected chi connectivity index (χ4v) is 4.18. The predicted molar refractivity (Wildman–Crippen MR) is 117 cm³/mol. The van der Waals surface area contributed by atoms with Crippen LogP contribution in [0.3, 0.4) is 0 Å². The molecular weight excluding hydrogens is 404 g/mol. The normalized spacial score (nSPS) is 17.3. The van der Waals surface area contributed by atoms with Crippen LogP contribution in [-0.2, 0) is 0 Å². The van der Waals surface area contributed by atoms with Crippen molar-refractivity contribution in [2.24, 2.45) is 0 Å². The van der Waals surface area contributed by atoms with E-state index in [0.29, 0.717) is 16.9 Å². The highest BCUT2D eigenvalue weighted by atomic mass is 35.5. The molecular formula is C21H29ClN6O2. The molecule has 9 heteroatoms. The van der Waals surface area contributed by atoms with Gasteiger partial charge in [-0.2, -0.15) is 0 Å². The van der Waals surface area contributed by atoms with E-state index in [-0.39, 0.29) is 30.3 Å². The summed E-state index contributed by atoms with van der Waals surface area (Å²) < 4.78 is 1.86. The SMILES string of the molecule is Cc1c(C(=O)Nc2ccccc2C(=O)N2CCCCC2)nnn1C1CCNCC1.Cl. The molecule has 0 atom stereocenters. The molecule has 3 heterocycles. The van der Waals surface area contributed by atoms with Crippen molar-refractivity contribution in [2.45, 2.75) is 45.1 Å². The van der Waals surface area contributed by atoms with Gasteiger partial charge in [0.2, 0.25) is 0 Å². The number of carbonyl (C=O) groups is 2. The maximum atomic E-state index is 13.0. The molecule has 2 N–H and O–H groups in total. The molecule has 2 aromatic rings. The summed E-state index contributed by atoms with van der Waals surface area (Å²) >= 11 is 0. The summed E-state index contributed by atoms with van der Waals surface area (Å²) in [6.45, 7) is 5.30. The number of nitrogens with one attached hydrogen (secondary N) is 2. The van der Waals surface area contributed by atoms with E-state index in [1.165, 1.54) is 0 Å². The third-order valence-electron chi connectivity index (χ3n) is 5.85. The van der Waals surface area contributed by atoms with Crippen LogP contribution in [0.4, 0.5) is 5.69 Å². The summed E-state index contributed by atoms with van der Waals surface area (Å²) in [6.07, 6.45) is 5.16. The van der Waals surface area contributed by atoms with Gasteiger partial charge in [-0.1, -0.05) is 17.3 Å². The van der Waals surface area contributed by atoms with E-state index < -0.39 is 0 Å². The molecule has 162 valence electrons. The van der Waals surface area contributed by atoms with Crippen LogP contribution >= 0.6 is 12.4 Å². The second kappa shape index (κ2) is 10.0. The number of likely N-dealkylation sites (tertiary alicyclic amines) is 1. The first kappa shape index (κ1) is 22.2. The Hall–Kier alpha value is -2.45. The molecule has 8 nitrogen and oxygen atoms in total. The van der Waals surface area contributed by atoms with Crippen molar-refractivity contribution < 1.29 is 9.59 Å². The molecule has 0 bridgehead atoms. The Balaban J connectivity index is 0.00000256. The molecule has 4 rings (SSSR count). The summed E-state index contributed by atoms with van der Waals surface area (Å²) in [5.41, 5.74) is 2.10. The molecule has 1 aromatic heterocycles. The third kappa shape index (κ3) is 4.65. The number of anilines is 1. The molecule has 2 saturated heterocycles. The van der Waals surface area contributed by atoms with Gasteiger partial charge in [-0.15, -0.1) is 17.5 Å². The average molecular weight is 433 g/mol. The average Bonchev–Trinajstić information content (AvgIpc) is 3.16. The summed E-state index contributed by atoms with van der Waals surface area (Å²) in [5, 5.41) is 14.6. The Bertz CT molecular complexity index is 887. The molecule has 0 saturated carbocycles. The Morgan fingerprint density at radius 2 is 1.80 bits per heavy atom. The minimum atomic E-state index is -0.332. The van der Waals surface area contributed by atoms with Crippen LogP contribution in [0.5, 0.6) is 0 Å². The van der Waals surface area contributed by atoms with E-state index in [9.17, 15) is 9.59 Å². The van der Waals surface area contributed by atoms with Gasteiger partial charge in [-0.3, -0.25) is 9.59 Å². The van der Waals surface area contributed by atoms with Gasteiger partial charge in [0.25, 0.3) is 11.8 Å². The molecule has 2 aliphatic rings. The van der Waals surface area contributed by atoms with Gasteiger partial charge < -0.3 is 15.5 Å². The Morgan fingerprint density at radius 3 is 2.53 bits per heavy atom. The van der Waals surface area contributed by atoms with Crippen molar-refractivity contribution in [1.29, 1.82) is 0 Å². The standard InChI is InChI=1S/C21H28N6O2.ClH/c1-15-19(24-25-27(15)16-9-11-22-12-10-16)20(28)23-18-8-4-3-7-17(18)21(29)26-13-5-2-6-14-26;/h3-4,7-8,16,22H,2,5-6,9-14H2,1H3,(H,23,28);1H. The van der Waals surface area contributed by atoms with Gasteiger partial charge in [0, 0.05) is 13.1 Å². The fraction of sp³-hybridized carbons (Fsp3) is 0.524. The lowest BCUT2D eigenvalue weighted by molar-refractivity contribution is 0.0725. The van der Waals surface area contributed by atoms with Crippen LogP contribution in [0.2, 0.25) is 0 Å². The second-order valence-corrected chi connectivity index (χ2v) is 7.80. The zero-order valence-corrected chi connectivity index (χ0v) is 18.1. The molecule has 2 aliphatic heterocycles. The van der Waals surface area contributed by atoms with Crippen LogP contribution in [0.25, 0.3) is 0 Å². The third-order valence-corrected chi connectivity index (χ3v) is 5.85. The second-order valence-electron chi connectivity index (χ2n) is 7.80. The maximum absolute atomic E-state index is 13.0. The summed E-state index contributed by atoms with van der Waals surface area (Å²) in [4.78, 5) is 27.7. The number of amides is 2. The molecule has 0 spiro atoms. The van der Waals surface area contributed by atoms with Crippen LogP contribution in [0, 0.1) is 6.92 Å². The van der Waals surface area contributed by atoms with E-state index in [4.69, 9.17) is 0 Å². The Kier molecular flexibility index (Phi) is 7.44. The molecule has 0 radical (unpaired) electrons. The lowest BCUT2D eigenvalue weighted by Crippen LogP contribution is -2.36. The van der Waals surface area contributed by atoms with Crippen LogP contribution in [0.1, 0.15) is 64.7 Å².